The van der Waals surface area contributed by atoms with Crippen LogP contribution in [0.15, 0.2) is 30.3 Å². The Labute approximate surface area is 142 Å². The third-order valence-corrected chi connectivity index (χ3v) is 5.09. The Hall–Kier alpha value is -2.14. The van der Waals surface area contributed by atoms with Crippen LogP contribution in [0, 0.1) is 13.8 Å². The van der Waals surface area contributed by atoms with Crippen LogP contribution in [0.2, 0.25) is 0 Å². The molecule has 24 heavy (non-hydrogen) atoms. The van der Waals surface area contributed by atoms with Crippen LogP contribution in [-0.4, -0.2) is 45.3 Å². The fraction of sp³-hybridized carbons (Fsp3) is 0.474. The van der Waals surface area contributed by atoms with Crippen LogP contribution in [-0.2, 0) is 11.2 Å². The molecule has 3 rings (SSSR count). The summed E-state index contributed by atoms with van der Waals surface area (Å²) in [5, 5.41) is 17.7. The predicted octanol–water partition coefficient (Wildman–Crippen LogP) is 2.34. The van der Waals surface area contributed by atoms with E-state index in [1.165, 1.54) is 0 Å². The lowest BCUT2D eigenvalue weighted by Crippen LogP contribution is -2.45. The normalized spacial score (nSPS) is 21.0. The van der Waals surface area contributed by atoms with Gasteiger partial charge in [-0.1, -0.05) is 30.3 Å². The van der Waals surface area contributed by atoms with Crippen molar-refractivity contribution in [2.75, 3.05) is 13.1 Å². The second-order valence-electron chi connectivity index (χ2n) is 6.63. The van der Waals surface area contributed by atoms with Crippen molar-refractivity contribution in [2.24, 2.45) is 0 Å². The van der Waals surface area contributed by atoms with E-state index in [2.05, 4.69) is 10.2 Å². The Morgan fingerprint density at radius 1 is 1.33 bits per heavy atom. The molecule has 5 nitrogen and oxygen atoms in total. The minimum atomic E-state index is -0.500. The molecule has 0 bridgehead atoms. The molecule has 2 N–H and O–H groups in total. The molecule has 1 aromatic carbocycles. The minimum Gasteiger partial charge on any atom is -0.391 e. The van der Waals surface area contributed by atoms with E-state index in [0.717, 1.165) is 28.9 Å². The smallest absolute Gasteiger partial charge is 0.223 e. The van der Waals surface area contributed by atoms with Crippen LogP contribution in [0.25, 0.3) is 0 Å². The molecule has 1 aliphatic rings. The number of aromatic amines is 1. The molecule has 0 aliphatic carbocycles. The highest BCUT2D eigenvalue weighted by atomic mass is 16.3. The van der Waals surface area contributed by atoms with Gasteiger partial charge in [0.25, 0.3) is 0 Å². The number of hydrogen-bond acceptors (Lipinski definition) is 3. The number of carbonyl (C=O) groups is 1. The van der Waals surface area contributed by atoms with Crippen LogP contribution in [0.3, 0.4) is 0 Å². The lowest BCUT2D eigenvalue weighted by Gasteiger charge is -2.36. The summed E-state index contributed by atoms with van der Waals surface area (Å²) in [7, 11) is 0. The number of aryl methyl sites for hydroxylation is 2. The first-order chi connectivity index (χ1) is 11.6. The molecule has 128 valence electrons. The second kappa shape index (κ2) is 7.18. The Balaban J connectivity index is 1.55. The molecule has 1 aromatic heterocycles. The van der Waals surface area contributed by atoms with Gasteiger partial charge in [0.15, 0.2) is 0 Å². The highest BCUT2D eigenvalue weighted by Crippen LogP contribution is 2.28. The van der Waals surface area contributed by atoms with Gasteiger partial charge < -0.3 is 10.0 Å². The van der Waals surface area contributed by atoms with Crippen molar-refractivity contribution in [1.82, 2.24) is 15.1 Å². The van der Waals surface area contributed by atoms with Crippen molar-refractivity contribution in [3.8, 4) is 0 Å². The third kappa shape index (κ3) is 3.51. The van der Waals surface area contributed by atoms with Crippen molar-refractivity contribution in [1.29, 1.82) is 0 Å². The number of aliphatic hydroxyl groups is 1. The van der Waals surface area contributed by atoms with Gasteiger partial charge in [-0.25, -0.2) is 0 Å². The number of nitrogens with zero attached hydrogens (tertiary/aromatic N) is 2. The molecule has 0 unspecified atom stereocenters. The molecule has 5 heteroatoms. The summed E-state index contributed by atoms with van der Waals surface area (Å²) in [5.74, 6) is 0.215. The number of aromatic nitrogens is 2. The average Bonchev–Trinajstić information content (AvgIpc) is 2.92. The lowest BCUT2D eigenvalue weighted by atomic mass is 9.87. The quantitative estimate of drug-likeness (QED) is 0.905. The number of benzene rings is 1. The Bertz CT molecular complexity index is 696. The molecular formula is C19H25N3O2. The van der Waals surface area contributed by atoms with Gasteiger partial charge in [0.05, 0.1) is 11.8 Å². The Morgan fingerprint density at radius 3 is 2.71 bits per heavy atom. The van der Waals surface area contributed by atoms with E-state index in [-0.39, 0.29) is 11.8 Å². The molecule has 1 amide bonds. The van der Waals surface area contributed by atoms with Gasteiger partial charge >= 0.3 is 0 Å². The van der Waals surface area contributed by atoms with Crippen molar-refractivity contribution in [3.05, 3.63) is 52.8 Å². The zero-order valence-corrected chi connectivity index (χ0v) is 14.3. The van der Waals surface area contributed by atoms with E-state index in [0.29, 0.717) is 25.9 Å². The van der Waals surface area contributed by atoms with Crippen molar-refractivity contribution >= 4 is 5.91 Å². The highest BCUT2D eigenvalue weighted by molar-refractivity contribution is 5.76. The number of likely N-dealkylation sites (tertiary alicyclic amines) is 1. The zero-order valence-electron chi connectivity index (χ0n) is 14.3. The first kappa shape index (κ1) is 16.7. The van der Waals surface area contributed by atoms with E-state index < -0.39 is 6.10 Å². The van der Waals surface area contributed by atoms with Gasteiger partial charge in [-0.05, 0) is 31.4 Å². The standard InChI is InChI=1S/C19H25N3O2/c1-13-14(2)20-21-17(13)8-9-19(24)22-11-10-16(18(23)12-22)15-6-4-3-5-7-15/h3-7,16,18,23H,8-12H2,1-2H3,(H,20,21)/t16-,18-/m1/s1. The summed E-state index contributed by atoms with van der Waals surface area (Å²) >= 11 is 0. The molecule has 1 saturated heterocycles. The van der Waals surface area contributed by atoms with Gasteiger partial charge in [0.1, 0.15) is 0 Å². The van der Waals surface area contributed by atoms with E-state index in [4.69, 9.17) is 0 Å². The number of nitrogens with one attached hydrogen (secondary N) is 1. The van der Waals surface area contributed by atoms with E-state index in [9.17, 15) is 9.90 Å². The number of carbonyl (C=O) groups excluding carboxylic acids is 1. The van der Waals surface area contributed by atoms with Crippen LogP contribution in [0.4, 0.5) is 0 Å². The van der Waals surface area contributed by atoms with Gasteiger partial charge in [-0.2, -0.15) is 5.10 Å². The molecule has 1 fully saturated rings. The SMILES string of the molecule is Cc1[nH]nc(CCC(=O)N2CC[C@H](c3ccccc3)[C@H](O)C2)c1C. The average molecular weight is 327 g/mol. The van der Waals surface area contributed by atoms with E-state index >= 15 is 0 Å². The predicted molar refractivity (Wildman–Crippen MR) is 92.8 cm³/mol. The third-order valence-electron chi connectivity index (χ3n) is 5.09. The summed E-state index contributed by atoms with van der Waals surface area (Å²) in [4.78, 5) is 14.2. The summed E-state index contributed by atoms with van der Waals surface area (Å²) in [6.45, 7) is 5.12. The maximum atomic E-state index is 12.5. The maximum absolute atomic E-state index is 12.5. The van der Waals surface area contributed by atoms with Gasteiger partial charge in [0, 0.05) is 37.5 Å². The molecule has 2 heterocycles. The molecule has 1 aliphatic heterocycles. The molecule has 2 aromatic rings. The first-order valence-electron chi connectivity index (χ1n) is 8.57. The Morgan fingerprint density at radius 2 is 2.08 bits per heavy atom. The van der Waals surface area contributed by atoms with Gasteiger partial charge in [-0.15, -0.1) is 0 Å². The minimum absolute atomic E-state index is 0.0978. The topological polar surface area (TPSA) is 69.2 Å². The van der Waals surface area contributed by atoms with Crippen LogP contribution >= 0.6 is 0 Å². The van der Waals surface area contributed by atoms with Crippen LogP contribution in [0.5, 0.6) is 0 Å². The number of hydrogen-bond donors (Lipinski definition) is 2. The van der Waals surface area contributed by atoms with Crippen LogP contribution in [0.1, 0.15) is 41.3 Å². The van der Waals surface area contributed by atoms with Crippen molar-refractivity contribution in [3.63, 3.8) is 0 Å². The zero-order chi connectivity index (χ0) is 17.1. The van der Waals surface area contributed by atoms with E-state index in [1.54, 1.807) is 4.90 Å². The molecule has 0 spiro atoms. The monoisotopic (exact) mass is 327 g/mol. The number of rotatable bonds is 4. The maximum Gasteiger partial charge on any atom is 0.223 e. The second-order valence-corrected chi connectivity index (χ2v) is 6.63. The summed E-state index contributed by atoms with van der Waals surface area (Å²) in [6.07, 6.45) is 1.38. The van der Waals surface area contributed by atoms with Crippen molar-refractivity contribution in [2.45, 2.75) is 45.1 Å². The summed E-state index contributed by atoms with van der Waals surface area (Å²) in [6, 6.07) is 10.1. The fourth-order valence-corrected chi connectivity index (χ4v) is 3.41. The first-order valence-corrected chi connectivity index (χ1v) is 8.57. The van der Waals surface area contributed by atoms with E-state index in [1.807, 2.05) is 44.2 Å². The van der Waals surface area contributed by atoms with Gasteiger partial charge in [0.2, 0.25) is 5.91 Å². The number of piperidine rings is 1. The largest absolute Gasteiger partial charge is 0.391 e. The molecule has 0 saturated carbocycles. The fourth-order valence-electron chi connectivity index (χ4n) is 3.41. The number of aliphatic hydroxyl groups excluding tert-OH is 1. The lowest BCUT2D eigenvalue weighted by molar-refractivity contribution is -0.134. The number of amides is 1. The number of H-pyrrole nitrogens is 1. The van der Waals surface area contributed by atoms with Crippen molar-refractivity contribution < 1.29 is 9.90 Å². The molecular weight excluding hydrogens is 302 g/mol. The Kier molecular flexibility index (Phi) is 5.00. The molecule has 0 radical (unpaired) electrons. The number of β-amino-alcohol motifs (C(OH)–C–C–N with tert-alkyl or cyclic N) is 1. The highest BCUT2D eigenvalue weighted by Gasteiger charge is 2.30. The summed E-state index contributed by atoms with van der Waals surface area (Å²) in [5.41, 5.74) is 4.29. The van der Waals surface area contributed by atoms with Gasteiger partial charge in [-0.3, -0.25) is 9.89 Å². The molecule has 2 atom stereocenters. The summed E-state index contributed by atoms with van der Waals surface area (Å²) < 4.78 is 0. The van der Waals surface area contributed by atoms with Crippen LogP contribution < -0.4 is 0 Å².